The van der Waals surface area contributed by atoms with Crippen molar-refractivity contribution in [1.29, 1.82) is 5.41 Å². The Bertz CT molecular complexity index is 470. The molecule has 3 unspecified atom stereocenters. The topological polar surface area (TPSA) is 146 Å². The van der Waals surface area contributed by atoms with Crippen molar-refractivity contribution in [3.8, 4) is 0 Å². The Labute approximate surface area is 134 Å². The molecule has 23 heavy (non-hydrogen) atoms. The van der Waals surface area contributed by atoms with Crippen LogP contribution in [-0.4, -0.2) is 41.6 Å². The normalized spacial score (nSPS) is 21.8. The van der Waals surface area contributed by atoms with Gasteiger partial charge in [-0.25, -0.2) is 19.7 Å². The molecule has 1 rings (SSSR count). The van der Waals surface area contributed by atoms with Gasteiger partial charge in [-0.15, -0.1) is 0 Å². The number of carbonyl (C=O) groups is 2. The van der Waals surface area contributed by atoms with Crippen LogP contribution in [0.15, 0.2) is 0 Å². The van der Waals surface area contributed by atoms with E-state index in [9.17, 15) is 19.7 Å². The lowest BCUT2D eigenvalue weighted by Crippen LogP contribution is -2.50. The van der Waals surface area contributed by atoms with E-state index in [4.69, 9.17) is 10.1 Å². The number of guanidine groups is 1. The number of nitrogens with zero attached hydrogens (tertiary/aromatic N) is 1. The number of nitro groups is 1. The lowest BCUT2D eigenvalue weighted by molar-refractivity contribution is -0.525. The van der Waals surface area contributed by atoms with Crippen LogP contribution in [0.3, 0.4) is 0 Å². The highest BCUT2D eigenvalue weighted by atomic mass is 16.7. The summed E-state index contributed by atoms with van der Waals surface area (Å²) in [5.74, 6) is -1.77. The Hall–Kier alpha value is -2.23. The third-order valence-electron chi connectivity index (χ3n) is 3.54. The van der Waals surface area contributed by atoms with Crippen LogP contribution in [0, 0.1) is 21.4 Å². The van der Waals surface area contributed by atoms with Gasteiger partial charge in [-0.3, -0.25) is 5.41 Å². The van der Waals surface area contributed by atoms with E-state index in [0.717, 1.165) is 6.42 Å². The van der Waals surface area contributed by atoms with E-state index in [0.29, 0.717) is 25.3 Å². The number of hydrogen-bond acceptors (Lipinski definition) is 7. The predicted molar refractivity (Wildman–Crippen MR) is 81.0 cm³/mol. The molecule has 130 valence electrons. The summed E-state index contributed by atoms with van der Waals surface area (Å²) < 4.78 is 4.86. The number of esters is 2. The summed E-state index contributed by atoms with van der Waals surface area (Å²) >= 11 is 0. The monoisotopic (exact) mass is 329 g/mol. The van der Waals surface area contributed by atoms with Gasteiger partial charge in [0, 0.05) is 0 Å². The van der Waals surface area contributed by atoms with Crippen LogP contribution < -0.4 is 16.1 Å². The quantitative estimate of drug-likeness (QED) is 0.132. The van der Waals surface area contributed by atoms with Gasteiger partial charge in [0.25, 0.3) is 5.96 Å². The first kappa shape index (κ1) is 18.8. The molecular formula is C13H23N5O5. The molecule has 0 amide bonds. The van der Waals surface area contributed by atoms with E-state index < -0.39 is 35.0 Å². The Morgan fingerprint density at radius 1 is 1.52 bits per heavy atom. The van der Waals surface area contributed by atoms with Gasteiger partial charge in [-0.05, 0) is 31.7 Å². The van der Waals surface area contributed by atoms with E-state index in [2.05, 4.69) is 10.6 Å². The van der Waals surface area contributed by atoms with Gasteiger partial charge in [-0.1, -0.05) is 25.7 Å². The van der Waals surface area contributed by atoms with Crippen LogP contribution in [0.4, 0.5) is 0 Å². The molecule has 1 aliphatic heterocycles. The molecule has 0 bridgehead atoms. The highest BCUT2D eigenvalue weighted by Crippen LogP contribution is 2.16. The molecule has 10 nitrogen and oxygen atoms in total. The number of piperidine rings is 1. The first-order valence-corrected chi connectivity index (χ1v) is 7.58. The third-order valence-corrected chi connectivity index (χ3v) is 3.54. The second-order valence-corrected chi connectivity index (χ2v) is 5.61. The predicted octanol–water partition coefficient (Wildman–Crippen LogP) is -0.0813. The summed E-state index contributed by atoms with van der Waals surface area (Å²) in [6, 6.07) is -1.52. The fourth-order valence-electron chi connectivity index (χ4n) is 2.36. The summed E-state index contributed by atoms with van der Waals surface area (Å²) in [5, 5.41) is 22.1. The van der Waals surface area contributed by atoms with Crippen molar-refractivity contribution in [3.63, 3.8) is 0 Å². The van der Waals surface area contributed by atoms with Gasteiger partial charge in [-0.2, -0.15) is 0 Å². The van der Waals surface area contributed by atoms with Gasteiger partial charge < -0.3 is 15.4 Å². The molecule has 0 aromatic rings. The lowest BCUT2D eigenvalue weighted by Gasteiger charge is -2.26. The number of carbonyl (C=O) groups excluding carboxylic acids is 2. The summed E-state index contributed by atoms with van der Waals surface area (Å²) in [6.45, 7) is 4.51. The third kappa shape index (κ3) is 6.59. The summed E-state index contributed by atoms with van der Waals surface area (Å²) in [6.07, 6.45) is 2.41. The van der Waals surface area contributed by atoms with E-state index >= 15 is 0 Å². The Balaban J connectivity index is 2.57. The average Bonchev–Trinajstić information content (AvgIpc) is 2.45. The molecule has 0 aromatic heterocycles. The Morgan fingerprint density at radius 2 is 2.22 bits per heavy atom. The molecule has 1 heterocycles. The van der Waals surface area contributed by atoms with Crippen molar-refractivity contribution < 1.29 is 19.4 Å². The molecular weight excluding hydrogens is 306 g/mol. The molecule has 0 spiro atoms. The van der Waals surface area contributed by atoms with Gasteiger partial charge >= 0.3 is 11.9 Å². The molecule has 3 atom stereocenters. The first-order valence-electron chi connectivity index (χ1n) is 7.58. The van der Waals surface area contributed by atoms with E-state index in [1.54, 1.807) is 12.3 Å². The molecule has 0 aromatic carbocycles. The molecule has 1 saturated heterocycles. The van der Waals surface area contributed by atoms with E-state index in [1.165, 1.54) is 0 Å². The van der Waals surface area contributed by atoms with Crippen LogP contribution >= 0.6 is 0 Å². The lowest BCUT2D eigenvalue weighted by atomic mass is 9.94. The van der Waals surface area contributed by atoms with Crippen molar-refractivity contribution in [2.45, 2.75) is 51.6 Å². The fraction of sp³-hybridized carbons (Fsp3) is 0.769. The van der Waals surface area contributed by atoms with Crippen LogP contribution in [0.2, 0.25) is 0 Å². The molecule has 4 N–H and O–H groups in total. The minimum absolute atomic E-state index is 0.280. The number of hydrogen-bond donors (Lipinski definition) is 4. The van der Waals surface area contributed by atoms with Gasteiger partial charge in [0.1, 0.15) is 12.1 Å². The second kappa shape index (κ2) is 9.03. The van der Waals surface area contributed by atoms with Crippen LogP contribution in [0.25, 0.3) is 0 Å². The molecule has 0 aliphatic carbocycles. The Morgan fingerprint density at radius 3 is 2.78 bits per heavy atom. The first-order chi connectivity index (χ1) is 10.8. The van der Waals surface area contributed by atoms with Crippen molar-refractivity contribution in [2.75, 3.05) is 6.54 Å². The molecule has 0 saturated carbocycles. The van der Waals surface area contributed by atoms with Crippen LogP contribution in [0.1, 0.15) is 39.5 Å². The number of rotatable bonds is 6. The maximum absolute atomic E-state index is 12.1. The van der Waals surface area contributed by atoms with Crippen molar-refractivity contribution in [2.24, 2.45) is 5.92 Å². The number of ether oxygens (including phenoxy) is 1. The standard InChI is InChI=1S/C13H23N5O5/c1-3-4-9(16-13(14)17-18(21)22)11(19)23-12(20)10-7-8(2)5-6-15-10/h8-10,15H,3-7H2,1-2H3,(H3,14,16,17). The second-order valence-electron chi connectivity index (χ2n) is 5.61. The minimum Gasteiger partial charge on any atom is -0.390 e. The Kier molecular flexibility index (Phi) is 7.39. The van der Waals surface area contributed by atoms with E-state index in [-0.39, 0.29) is 6.42 Å². The minimum atomic E-state index is -0.995. The fourth-order valence-corrected chi connectivity index (χ4v) is 2.36. The van der Waals surface area contributed by atoms with Gasteiger partial charge in [0.05, 0.1) is 0 Å². The molecule has 1 fully saturated rings. The van der Waals surface area contributed by atoms with Crippen LogP contribution in [-0.2, 0) is 14.3 Å². The maximum atomic E-state index is 12.1. The number of hydrazine groups is 1. The van der Waals surface area contributed by atoms with Crippen LogP contribution in [0.5, 0.6) is 0 Å². The summed E-state index contributed by atoms with van der Waals surface area (Å²) in [4.78, 5) is 34.3. The molecule has 10 heteroatoms. The zero-order valence-electron chi connectivity index (χ0n) is 13.3. The summed E-state index contributed by atoms with van der Waals surface area (Å²) in [7, 11) is 0. The molecule has 0 radical (unpaired) electrons. The smallest absolute Gasteiger partial charge is 0.336 e. The highest BCUT2D eigenvalue weighted by Gasteiger charge is 2.30. The van der Waals surface area contributed by atoms with Gasteiger partial charge in [0.2, 0.25) is 0 Å². The average molecular weight is 329 g/mol. The highest BCUT2D eigenvalue weighted by molar-refractivity contribution is 5.92. The van der Waals surface area contributed by atoms with Crippen molar-refractivity contribution in [3.05, 3.63) is 10.1 Å². The zero-order valence-corrected chi connectivity index (χ0v) is 13.3. The zero-order chi connectivity index (χ0) is 17.4. The number of nitrogens with one attached hydrogen (secondary N) is 4. The maximum Gasteiger partial charge on any atom is 0.336 e. The van der Waals surface area contributed by atoms with Crippen molar-refractivity contribution in [1.82, 2.24) is 16.1 Å². The summed E-state index contributed by atoms with van der Waals surface area (Å²) in [5.41, 5.74) is 1.60. The van der Waals surface area contributed by atoms with Crippen molar-refractivity contribution >= 4 is 17.9 Å². The SMILES string of the molecule is CCCC(NC(=N)N[N+](=O)[O-])C(=O)OC(=O)C1CC(C)CCN1. The largest absolute Gasteiger partial charge is 0.390 e. The van der Waals surface area contributed by atoms with E-state index in [1.807, 2.05) is 6.92 Å². The molecule has 1 aliphatic rings. The van der Waals surface area contributed by atoms with Gasteiger partial charge in [0.15, 0.2) is 5.03 Å².